The second kappa shape index (κ2) is 9.20. The molecule has 1 aromatic rings. The fraction of sp³-hybridized carbons (Fsp3) is 0.438. The zero-order chi connectivity index (χ0) is 18.8. The van der Waals surface area contributed by atoms with E-state index in [0.717, 1.165) is 11.8 Å². The molecule has 1 aliphatic rings. The van der Waals surface area contributed by atoms with Gasteiger partial charge in [-0.25, -0.2) is 4.79 Å². The van der Waals surface area contributed by atoms with Gasteiger partial charge in [0.15, 0.2) is 6.04 Å². The molecule has 2 unspecified atom stereocenters. The number of carboxylic acid groups (broad SMARTS) is 2. The van der Waals surface area contributed by atoms with Gasteiger partial charge in [-0.15, -0.1) is 11.8 Å². The van der Waals surface area contributed by atoms with Crippen molar-refractivity contribution in [3.05, 3.63) is 35.9 Å². The first-order chi connectivity index (χ1) is 11.6. The molecule has 1 fully saturated rings. The van der Waals surface area contributed by atoms with Gasteiger partial charge in [-0.3, -0.25) is 10.1 Å². The first-order valence-corrected chi connectivity index (χ1v) is 8.50. The maximum Gasteiger partial charge on any atom is 1.00 e. The van der Waals surface area contributed by atoms with Crippen LogP contribution in [0.15, 0.2) is 30.3 Å². The molecule has 26 heavy (non-hydrogen) atoms. The van der Waals surface area contributed by atoms with E-state index in [2.05, 4.69) is 10.6 Å². The third-order valence-electron chi connectivity index (χ3n) is 4.00. The topological polar surface area (TPSA) is 145 Å². The fourth-order valence-corrected chi connectivity index (χ4v) is 4.11. The standard InChI is InChI=1S/C16H21N3O5S.Na/c1-16(2)11(15(23)24)19-13(25-16)10(14(21)22)18-12(20)9(17)8-6-4-3-5-7-8;/h3-7,9-11,13,19H,17H2,1-2H3,(H,18,20)(H,21,22)(H,23,24);/q;+1/p-1/t9-,10?,11+,13?;/m1./s1. The largest absolute Gasteiger partial charge is 1.00 e. The van der Waals surface area contributed by atoms with Gasteiger partial charge in [0.05, 0.1) is 17.4 Å². The van der Waals surface area contributed by atoms with E-state index in [0.29, 0.717) is 5.56 Å². The molecular weight excluding hydrogens is 369 g/mol. The summed E-state index contributed by atoms with van der Waals surface area (Å²) in [6.07, 6.45) is 0. The van der Waals surface area contributed by atoms with Crippen LogP contribution in [0.4, 0.5) is 0 Å². The summed E-state index contributed by atoms with van der Waals surface area (Å²) in [6.45, 7) is 3.34. The van der Waals surface area contributed by atoms with Crippen LogP contribution in [-0.2, 0) is 14.4 Å². The fourth-order valence-electron chi connectivity index (χ4n) is 2.63. The molecule has 1 aromatic carbocycles. The summed E-state index contributed by atoms with van der Waals surface area (Å²) >= 11 is 1.12. The average Bonchev–Trinajstić information content (AvgIpc) is 2.87. The minimum atomic E-state index is -1.34. The van der Waals surface area contributed by atoms with Crippen LogP contribution in [0.25, 0.3) is 0 Å². The van der Waals surface area contributed by atoms with Gasteiger partial charge >= 0.3 is 35.5 Å². The van der Waals surface area contributed by atoms with Crippen LogP contribution >= 0.6 is 11.8 Å². The minimum absolute atomic E-state index is 0. The smallest absolute Gasteiger partial charge is 0.548 e. The van der Waals surface area contributed by atoms with Gasteiger partial charge in [0.2, 0.25) is 5.91 Å². The second-order valence-electron chi connectivity index (χ2n) is 6.27. The number of aliphatic carboxylic acids is 2. The van der Waals surface area contributed by atoms with Gasteiger partial charge in [0.25, 0.3) is 0 Å². The number of thioether (sulfide) groups is 1. The van der Waals surface area contributed by atoms with Crippen molar-refractivity contribution < 1.29 is 54.2 Å². The van der Waals surface area contributed by atoms with Gasteiger partial charge in [-0.05, 0) is 19.4 Å². The van der Waals surface area contributed by atoms with Crippen molar-refractivity contribution in [1.29, 1.82) is 0 Å². The summed E-state index contributed by atoms with van der Waals surface area (Å²) < 4.78 is -0.788. The molecule has 136 valence electrons. The normalized spacial score (nSPS) is 23.3. The third kappa shape index (κ3) is 5.21. The van der Waals surface area contributed by atoms with Crippen LogP contribution in [0.1, 0.15) is 25.5 Å². The minimum Gasteiger partial charge on any atom is -0.548 e. The summed E-state index contributed by atoms with van der Waals surface area (Å²) in [4.78, 5) is 35.2. The van der Waals surface area contributed by atoms with Crippen LogP contribution in [0.5, 0.6) is 0 Å². The maximum atomic E-state index is 12.3. The molecule has 0 bridgehead atoms. The molecule has 10 heteroatoms. The molecule has 0 saturated carbocycles. The van der Waals surface area contributed by atoms with E-state index < -0.39 is 46.1 Å². The molecule has 1 heterocycles. The Hall–Kier alpha value is -1.10. The van der Waals surface area contributed by atoms with Gasteiger partial charge in [0, 0.05) is 4.75 Å². The monoisotopic (exact) mass is 389 g/mol. The van der Waals surface area contributed by atoms with E-state index in [1.54, 1.807) is 44.2 Å². The summed E-state index contributed by atoms with van der Waals surface area (Å²) in [5, 5.41) is 25.0. The van der Waals surface area contributed by atoms with Crippen molar-refractivity contribution >= 4 is 29.6 Å². The zero-order valence-corrected chi connectivity index (χ0v) is 17.6. The Labute approximate surface area is 177 Å². The Balaban J connectivity index is 0.00000338. The first-order valence-electron chi connectivity index (χ1n) is 7.62. The Morgan fingerprint density at radius 3 is 2.35 bits per heavy atom. The number of nitrogens with one attached hydrogen (secondary N) is 2. The SMILES string of the molecule is CC1(C)SC(C(NC(=O)[C@H](N)c2ccccc2)C(=O)O)N[C@H]1C(=O)[O-].[Na+]. The number of amides is 1. The van der Waals surface area contributed by atoms with Crippen LogP contribution in [0, 0.1) is 0 Å². The van der Waals surface area contributed by atoms with E-state index in [4.69, 9.17) is 5.73 Å². The Bertz CT molecular complexity index is 673. The number of carboxylic acids is 2. The van der Waals surface area contributed by atoms with Gasteiger partial charge in [0.1, 0.15) is 6.04 Å². The van der Waals surface area contributed by atoms with Crippen molar-refractivity contribution in [2.24, 2.45) is 5.73 Å². The van der Waals surface area contributed by atoms with Crippen LogP contribution < -0.4 is 51.0 Å². The number of carbonyl (C=O) groups excluding carboxylic acids is 2. The first kappa shape index (κ1) is 22.9. The van der Waals surface area contributed by atoms with Crippen molar-refractivity contribution in [1.82, 2.24) is 10.6 Å². The molecule has 0 aliphatic carbocycles. The molecule has 8 nitrogen and oxygen atoms in total. The van der Waals surface area contributed by atoms with E-state index in [1.807, 2.05) is 0 Å². The Morgan fingerprint density at radius 1 is 1.31 bits per heavy atom. The number of rotatable bonds is 6. The summed E-state index contributed by atoms with van der Waals surface area (Å²) in [5.41, 5.74) is 6.42. The van der Waals surface area contributed by atoms with Crippen LogP contribution in [0.3, 0.4) is 0 Å². The quantitative estimate of drug-likeness (QED) is 0.359. The number of carbonyl (C=O) groups is 3. The number of nitrogens with two attached hydrogens (primary N) is 1. The van der Waals surface area contributed by atoms with Gasteiger partial charge in [-0.1, -0.05) is 30.3 Å². The third-order valence-corrected chi connectivity index (χ3v) is 5.51. The van der Waals surface area contributed by atoms with Crippen molar-refractivity contribution in [3.63, 3.8) is 0 Å². The Kier molecular flexibility index (Phi) is 8.12. The Morgan fingerprint density at radius 2 is 1.88 bits per heavy atom. The molecule has 2 rings (SSSR count). The van der Waals surface area contributed by atoms with Crippen molar-refractivity contribution in [2.45, 2.75) is 42.1 Å². The van der Waals surface area contributed by atoms with Crippen LogP contribution in [-0.4, -0.2) is 45.2 Å². The maximum absolute atomic E-state index is 12.3. The van der Waals surface area contributed by atoms with E-state index >= 15 is 0 Å². The van der Waals surface area contributed by atoms with E-state index in [-0.39, 0.29) is 29.6 Å². The molecule has 0 spiro atoms. The second-order valence-corrected chi connectivity index (χ2v) is 8.07. The van der Waals surface area contributed by atoms with Crippen molar-refractivity contribution in [3.8, 4) is 0 Å². The summed E-state index contributed by atoms with van der Waals surface area (Å²) in [7, 11) is 0. The summed E-state index contributed by atoms with van der Waals surface area (Å²) in [5.74, 6) is -3.26. The number of benzene rings is 1. The van der Waals surface area contributed by atoms with E-state index in [9.17, 15) is 24.6 Å². The van der Waals surface area contributed by atoms with Crippen molar-refractivity contribution in [2.75, 3.05) is 0 Å². The molecular formula is C16H20N3NaO5S. The molecule has 1 amide bonds. The zero-order valence-electron chi connectivity index (χ0n) is 14.8. The van der Waals surface area contributed by atoms with Crippen LogP contribution in [0.2, 0.25) is 0 Å². The summed E-state index contributed by atoms with van der Waals surface area (Å²) in [6, 6.07) is 5.14. The number of hydrogen-bond donors (Lipinski definition) is 4. The molecule has 5 N–H and O–H groups in total. The molecule has 1 aliphatic heterocycles. The number of hydrogen-bond acceptors (Lipinski definition) is 7. The molecule has 0 aromatic heterocycles. The predicted octanol–water partition coefficient (Wildman–Crippen LogP) is -4.18. The molecule has 0 radical (unpaired) electrons. The van der Waals surface area contributed by atoms with Gasteiger partial charge in [-0.2, -0.15) is 0 Å². The molecule has 4 atom stereocenters. The van der Waals surface area contributed by atoms with Gasteiger partial charge < -0.3 is 26.1 Å². The average molecular weight is 389 g/mol. The van der Waals surface area contributed by atoms with E-state index in [1.165, 1.54) is 0 Å². The molecule has 1 saturated heterocycles. The predicted molar refractivity (Wildman–Crippen MR) is 90.3 cm³/mol.